The molecule has 1 saturated carbocycles. The maximum absolute atomic E-state index is 11.4. The Balaban J connectivity index is 1.49. The quantitative estimate of drug-likeness (QED) is 0.587. The molecule has 88 valence electrons. The molecule has 1 amide bonds. The smallest absolute Gasteiger partial charge is 0.221 e. The second-order valence-corrected chi connectivity index (χ2v) is 4.01. The van der Waals surface area contributed by atoms with Gasteiger partial charge in [0.2, 0.25) is 5.91 Å². The number of nitrogens with one attached hydrogen (secondary N) is 3. The van der Waals surface area contributed by atoms with Crippen molar-refractivity contribution >= 4 is 5.91 Å². The number of aromatic nitrogens is 3. The Labute approximate surface area is 94.2 Å². The minimum absolute atomic E-state index is 0.0904. The Morgan fingerprint density at radius 1 is 1.50 bits per heavy atom. The summed E-state index contributed by atoms with van der Waals surface area (Å²) in [6.45, 7) is 1.39. The number of amides is 1. The van der Waals surface area contributed by atoms with Gasteiger partial charge in [0.1, 0.15) is 12.2 Å². The highest BCUT2D eigenvalue weighted by atomic mass is 16.1. The maximum atomic E-state index is 11.4. The van der Waals surface area contributed by atoms with Crippen LogP contribution in [0.3, 0.4) is 0 Å². The van der Waals surface area contributed by atoms with Crippen LogP contribution in [0.25, 0.3) is 0 Å². The van der Waals surface area contributed by atoms with Crippen molar-refractivity contribution in [3.8, 4) is 0 Å². The molecule has 0 aliphatic heterocycles. The highest BCUT2D eigenvalue weighted by molar-refractivity contribution is 5.76. The molecule has 1 aromatic heterocycles. The number of hydrogen-bond acceptors (Lipinski definition) is 4. The Morgan fingerprint density at radius 3 is 3.06 bits per heavy atom. The first-order chi connectivity index (χ1) is 7.84. The predicted molar refractivity (Wildman–Crippen MR) is 58.7 cm³/mol. The third kappa shape index (κ3) is 3.98. The molecular weight excluding hydrogens is 206 g/mol. The molecular formula is C10H17N5O. The Morgan fingerprint density at radius 2 is 2.38 bits per heavy atom. The number of rotatable bonds is 7. The standard InChI is InChI=1S/C10H17N5O/c16-10(4-6-11-8-1-2-8)12-5-3-9-13-7-14-15-9/h7-8,11H,1-6H2,(H,12,16)(H,13,14,15). The fourth-order valence-corrected chi connectivity index (χ4v) is 1.44. The highest BCUT2D eigenvalue weighted by Crippen LogP contribution is 2.18. The van der Waals surface area contributed by atoms with Crippen molar-refractivity contribution in [3.63, 3.8) is 0 Å². The molecule has 1 aliphatic rings. The van der Waals surface area contributed by atoms with Gasteiger partial charge in [-0.05, 0) is 12.8 Å². The van der Waals surface area contributed by atoms with Gasteiger partial charge in [-0.1, -0.05) is 0 Å². The minimum atomic E-state index is 0.0904. The topological polar surface area (TPSA) is 82.7 Å². The van der Waals surface area contributed by atoms with Crippen LogP contribution in [0.5, 0.6) is 0 Å². The zero-order valence-electron chi connectivity index (χ0n) is 9.20. The molecule has 0 atom stereocenters. The van der Waals surface area contributed by atoms with Gasteiger partial charge >= 0.3 is 0 Å². The van der Waals surface area contributed by atoms with Crippen LogP contribution in [0, 0.1) is 0 Å². The van der Waals surface area contributed by atoms with E-state index in [9.17, 15) is 4.79 Å². The average Bonchev–Trinajstić information content (AvgIpc) is 2.94. The molecule has 16 heavy (non-hydrogen) atoms. The van der Waals surface area contributed by atoms with E-state index < -0.39 is 0 Å². The number of carbonyl (C=O) groups excluding carboxylic acids is 1. The second kappa shape index (κ2) is 5.60. The largest absolute Gasteiger partial charge is 0.356 e. The number of hydrogen-bond donors (Lipinski definition) is 3. The van der Waals surface area contributed by atoms with Gasteiger partial charge in [-0.3, -0.25) is 9.89 Å². The Bertz CT molecular complexity index is 320. The van der Waals surface area contributed by atoms with Gasteiger partial charge in [-0.25, -0.2) is 4.98 Å². The van der Waals surface area contributed by atoms with Crippen LogP contribution in [-0.2, 0) is 11.2 Å². The first-order valence-corrected chi connectivity index (χ1v) is 5.69. The monoisotopic (exact) mass is 223 g/mol. The van der Waals surface area contributed by atoms with E-state index in [1.165, 1.54) is 19.2 Å². The lowest BCUT2D eigenvalue weighted by molar-refractivity contribution is -0.120. The van der Waals surface area contributed by atoms with E-state index in [1.807, 2.05) is 0 Å². The predicted octanol–water partition coefficient (Wildman–Crippen LogP) is -0.394. The summed E-state index contributed by atoms with van der Waals surface area (Å²) >= 11 is 0. The van der Waals surface area contributed by atoms with Crippen molar-refractivity contribution in [2.45, 2.75) is 31.7 Å². The maximum Gasteiger partial charge on any atom is 0.221 e. The summed E-state index contributed by atoms with van der Waals surface area (Å²) in [6.07, 6.45) is 5.23. The van der Waals surface area contributed by atoms with Crippen LogP contribution >= 0.6 is 0 Å². The first-order valence-electron chi connectivity index (χ1n) is 5.69. The summed E-state index contributed by atoms with van der Waals surface area (Å²) in [4.78, 5) is 15.4. The number of H-pyrrole nitrogens is 1. The highest BCUT2D eigenvalue weighted by Gasteiger charge is 2.19. The normalized spacial score (nSPS) is 15.0. The molecule has 0 bridgehead atoms. The molecule has 0 unspecified atom stereocenters. The van der Waals surface area contributed by atoms with Crippen LogP contribution in [-0.4, -0.2) is 40.2 Å². The lowest BCUT2D eigenvalue weighted by Crippen LogP contribution is -2.30. The fourth-order valence-electron chi connectivity index (χ4n) is 1.44. The van der Waals surface area contributed by atoms with E-state index >= 15 is 0 Å². The van der Waals surface area contributed by atoms with E-state index in [1.54, 1.807) is 0 Å². The number of nitrogens with zero attached hydrogens (tertiary/aromatic N) is 2. The molecule has 2 rings (SSSR count). The van der Waals surface area contributed by atoms with E-state index in [0.29, 0.717) is 25.4 Å². The van der Waals surface area contributed by atoms with Crippen molar-refractivity contribution in [3.05, 3.63) is 12.2 Å². The van der Waals surface area contributed by atoms with Crippen LogP contribution in [0.1, 0.15) is 25.1 Å². The van der Waals surface area contributed by atoms with Crippen LogP contribution in [0.2, 0.25) is 0 Å². The molecule has 1 aromatic rings. The van der Waals surface area contributed by atoms with E-state index in [-0.39, 0.29) is 5.91 Å². The summed E-state index contributed by atoms with van der Waals surface area (Å²) in [5, 5.41) is 12.6. The zero-order chi connectivity index (χ0) is 11.2. The summed E-state index contributed by atoms with van der Waals surface area (Å²) in [5.74, 6) is 0.893. The Kier molecular flexibility index (Phi) is 3.87. The summed E-state index contributed by atoms with van der Waals surface area (Å²) in [5.41, 5.74) is 0. The van der Waals surface area contributed by atoms with Crippen LogP contribution < -0.4 is 10.6 Å². The molecule has 1 fully saturated rings. The van der Waals surface area contributed by atoms with E-state index in [0.717, 1.165) is 12.4 Å². The van der Waals surface area contributed by atoms with Gasteiger partial charge in [0.15, 0.2) is 0 Å². The molecule has 6 nitrogen and oxygen atoms in total. The molecule has 6 heteroatoms. The molecule has 0 aromatic carbocycles. The van der Waals surface area contributed by atoms with Crippen molar-refractivity contribution in [1.82, 2.24) is 25.8 Å². The van der Waals surface area contributed by atoms with Crippen LogP contribution in [0.15, 0.2) is 6.33 Å². The third-order valence-electron chi connectivity index (χ3n) is 2.51. The second-order valence-electron chi connectivity index (χ2n) is 4.01. The Hall–Kier alpha value is -1.43. The minimum Gasteiger partial charge on any atom is -0.356 e. The first kappa shape index (κ1) is 11.1. The lowest BCUT2D eigenvalue weighted by Gasteiger charge is -2.04. The average molecular weight is 223 g/mol. The molecule has 3 N–H and O–H groups in total. The summed E-state index contributed by atoms with van der Waals surface area (Å²) in [6, 6.07) is 0.669. The summed E-state index contributed by atoms with van der Waals surface area (Å²) < 4.78 is 0. The van der Waals surface area contributed by atoms with Gasteiger partial charge in [-0.15, -0.1) is 0 Å². The van der Waals surface area contributed by atoms with Crippen molar-refractivity contribution in [2.24, 2.45) is 0 Å². The molecule has 1 heterocycles. The molecule has 0 spiro atoms. The fraction of sp³-hybridized carbons (Fsp3) is 0.700. The van der Waals surface area contributed by atoms with Gasteiger partial charge in [0, 0.05) is 32.0 Å². The van der Waals surface area contributed by atoms with Crippen molar-refractivity contribution < 1.29 is 4.79 Å². The SMILES string of the molecule is O=C(CCNC1CC1)NCCc1ncn[nH]1. The van der Waals surface area contributed by atoms with Gasteiger partial charge in [-0.2, -0.15) is 5.10 Å². The van der Waals surface area contributed by atoms with Crippen molar-refractivity contribution in [2.75, 3.05) is 13.1 Å². The zero-order valence-corrected chi connectivity index (χ0v) is 9.20. The molecule has 0 saturated heterocycles. The molecule has 0 radical (unpaired) electrons. The van der Waals surface area contributed by atoms with Crippen molar-refractivity contribution in [1.29, 1.82) is 0 Å². The van der Waals surface area contributed by atoms with E-state index in [2.05, 4.69) is 25.8 Å². The van der Waals surface area contributed by atoms with E-state index in [4.69, 9.17) is 0 Å². The summed E-state index contributed by atoms with van der Waals surface area (Å²) in [7, 11) is 0. The van der Waals surface area contributed by atoms with Gasteiger partial charge in [0.05, 0.1) is 0 Å². The van der Waals surface area contributed by atoms with Gasteiger partial charge in [0.25, 0.3) is 0 Å². The third-order valence-corrected chi connectivity index (χ3v) is 2.51. The molecule has 1 aliphatic carbocycles. The number of carbonyl (C=O) groups is 1. The number of aromatic amines is 1. The van der Waals surface area contributed by atoms with Crippen LogP contribution in [0.4, 0.5) is 0 Å². The van der Waals surface area contributed by atoms with Gasteiger partial charge < -0.3 is 10.6 Å². The lowest BCUT2D eigenvalue weighted by atomic mass is 10.3.